The lowest BCUT2D eigenvalue weighted by atomic mass is 9.89. The predicted octanol–water partition coefficient (Wildman–Crippen LogP) is 5.56. The van der Waals surface area contributed by atoms with E-state index in [1.165, 1.54) is 25.3 Å². The molecular weight excluding hydrogens is 462 g/mol. The van der Waals surface area contributed by atoms with Crippen LogP contribution in [0.4, 0.5) is 23.4 Å². The number of hydrogen-bond acceptors (Lipinski definition) is 5. The highest BCUT2D eigenvalue weighted by molar-refractivity contribution is 5.89. The first-order valence-electron chi connectivity index (χ1n) is 11.4. The average Bonchev–Trinajstić information content (AvgIpc) is 2.78. The van der Waals surface area contributed by atoms with Crippen LogP contribution in [0.3, 0.4) is 0 Å². The number of aromatic nitrogens is 3. The zero-order valence-corrected chi connectivity index (χ0v) is 20.0. The van der Waals surface area contributed by atoms with E-state index < -0.39 is 29.0 Å². The summed E-state index contributed by atoms with van der Waals surface area (Å²) in [6.07, 6.45) is 1.69. The third kappa shape index (κ3) is 4.92. The molecule has 6 nitrogen and oxygen atoms in total. The van der Waals surface area contributed by atoms with Crippen LogP contribution in [0.15, 0.2) is 30.5 Å². The predicted molar refractivity (Wildman–Crippen MR) is 124 cm³/mol. The third-order valence-electron chi connectivity index (χ3n) is 6.48. The van der Waals surface area contributed by atoms with E-state index in [0.29, 0.717) is 29.5 Å². The number of piperidine rings is 1. The Balaban J connectivity index is 1.69. The fraction of sp³-hybridized carbons (Fsp3) is 0.440. The van der Waals surface area contributed by atoms with Crippen LogP contribution in [-0.4, -0.2) is 38.8 Å². The number of alkyl halides is 3. The molecule has 0 aliphatic carbocycles. The lowest BCUT2D eigenvalue weighted by molar-refractivity contribution is -0.131. The van der Waals surface area contributed by atoms with Gasteiger partial charge < -0.3 is 10.2 Å². The number of amides is 1. The molecular formula is C25H27F4N5O. The van der Waals surface area contributed by atoms with E-state index in [1.807, 2.05) is 0 Å². The Hall–Kier alpha value is -3.30. The molecule has 1 atom stereocenters. The average molecular weight is 490 g/mol. The highest BCUT2D eigenvalue weighted by atomic mass is 19.3. The van der Waals surface area contributed by atoms with Crippen LogP contribution in [0.5, 0.6) is 0 Å². The molecule has 1 fully saturated rings. The summed E-state index contributed by atoms with van der Waals surface area (Å²) in [5.74, 6) is -3.67. The van der Waals surface area contributed by atoms with Crippen molar-refractivity contribution in [1.29, 1.82) is 0 Å². The Labute approximate surface area is 200 Å². The lowest BCUT2D eigenvalue weighted by Gasteiger charge is -2.35. The van der Waals surface area contributed by atoms with Gasteiger partial charge in [-0.05, 0) is 19.9 Å². The summed E-state index contributed by atoms with van der Waals surface area (Å²) in [5, 5.41) is 3.57. The fourth-order valence-corrected chi connectivity index (χ4v) is 4.44. The molecule has 1 aliphatic rings. The largest absolute Gasteiger partial charge is 0.363 e. The van der Waals surface area contributed by atoms with E-state index in [4.69, 9.17) is 0 Å². The van der Waals surface area contributed by atoms with E-state index in [0.717, 1.165) is 6.07 Å². The van der Waals surface area contributed by atoms with Gasteiger partial charge in [-0.1, -0.05) is 18.2 Å². The molecule has 1 aromatic carbocycles. The number of nitrogens with zero attached hydrogens (tertiary/aromatic N) is 4. The maximum atomic E-state index is 15.8. The van der Waals surface area contributed by atoms with Gasteiger partial charge in [0.2, 0.25) is 5.91 Å². The number of pyridine rings is 1. The minimum atomic E-state index is -3.33. The molecule has 3 aromatic rings. The number of anilines is 1. The highest BCUT2D eigenvalue weighted by Crippen LogP contribution is 2.38. The van der Waals surface area contributed by atoms with Crippen molar-refractivity contribution >= 4 is 22.6 Å². The standard InChI is InChI=1S/C25H27F4N5O/c1-14(17-6-5-7-19(22(17)26)24(4,27)28)31-23-18-12-21(30-13-20(18)32-15(2)33-23)25(29)8-10-34(11-9-25)16(3)35/h5-7,12-14H,8-11H2,1-4H3,(H,31,32,33)/t14-/m1/s1. The summed E-state index contributed by atoms with van der Waals surface area (Å²) in [6, 6.07) is 4.73. The highest BCUT2D eigenvalue weighted by Gasteiger charge is 2.38. The van der Waals surface area contributed by atoms with Crippen molar-refractivity contribution in [2.24, 2.45) is 0 Å². The Bertz CT molecular complexity index is 1270. The molecule has 186 valence electrons. The van der Waals surface area contributed by atoms with Crippen LogP contribution in [0.2, 0.25) is 0 Å². The maximum absolute atomic E-state index is 15.8. The lowest BCUT2D eigenvalue weighted by Crippen LogP contribution is -2.42. The molecule has 1 amide bonds. The van der Waals surface area contributed by atoms with E-state index in [2.05, 4.69) is 20.3 Å². The van der Waals surface area contributed by atoms with Gasteiger partial charge in [0.05, 0.1) is 29.0 Å². The molecule has 1 N–H and O–H groups in total. The Morgan fingerprint density at radius 2 is 1.91 bits per heavy atom. The van der Waals surface area contributed by atoms with Crippen molar-refractivity contribution in [2.75, 3.05) is 18.4 Å². The quantitative estimate of drug-likeness (QED) is 0.475. The van der Waals surface area contributed by atoms with Crippen LogP contribution < -0.4 is 5.32 Å². The topological polar surface area (TPSA) is 71.0 Å². The van der Waals surface area contributed by atoms with Gasteiger partial charge in [0.15, 0.2) is 5.67 Å². The summed E-state index contributed by atoms with van der Waals surface area (Å²) >= 11 is 0. The van der Waals surface area contributed by atoms with E-state index in [1.54, 1.807) is 24.8 Å². The van der Waals surface area contributed by atoms with Crippen LogP contribution >= 0.6 is 0 Å². The van der Waals surface area contributed by atoms with Crippen molar-refractivity contribution in [3.63, 3.8) is 0 Å². The summed E-state index contributed by atoms with van der Waals surface area (Å²) in [6.45, 7) is 5.99. The Kier molecular flexibility index (Phi) is 6.42. The fourth-order valence-electron chi connectivity index (χ4n) is 4.44. The second-order valence-corrected chi connectivity index (χ2v) is 9.14. The first-order valence-corrected chi connectivity index (χ1v) is 11.4. The maximum Gasteiger partial charge on any atom is 0.273 e. The van der Waals surface area contributed by atoms with Crippen LogP contribution in [0.1, 0.15) is 62.3 Å². The molecule has 3 heterocycles. The van der Waals surface area contributed by atoms with Crippen molar-refractivity contribution < 1.29 is 22.4 Å². The summed E-state index contributed by atoms with van der Waals surface area (Å²) < 4.78 is 58.4. The molecule has 1 saturated heterocycles. The van der Waals surface area contributed by atoms with Gasteiger partial charge >= 0.3 is 0 Å². The molecule has 0 unspecified atom stereocenters. The van der Waals surface area contributed by atoms with Crippen LogP contribution in [0, 0.1) is 12.7 Å². The zero-order valence-electron chi connectivity index (χ0n) is 20.0. The SMILES string of the molecule is CC(=O)N1CCC(F)(c2cc3c(N[C@H](C)c4cccc(C(C)(F)F)c4F)nc(C)nc3cn2)CC1. The van der Waals surface area contributed by atoms with Gasteiger partial charge in [0.1, 0.15) is 17.5 Å². The van der Waals surface area contributed by atoms with E-state index >= 15 is 4.39 Å². The molecule has 10 heteroatoms. The van der Waals surface area contributed by atoms with Crippen molar-refractivity contribution in [3.8, 4) is 0 Å². The van der Waals surface area contributed by atoms with Gasteiger partial charge in [0.25, 0.3) is 5.92 Å². The molecule has 35 heavy (non-hydrogen) atoms. The van der Waals surface area contributed by atoms with Crippen LogP contribution in [0.25, 0.3) is 10.9 Å². The van der Waals surface area contributed by atoms with Gasteiger partial charge in [-0.15, -0.1) is 0 Å². The summed E-state index contributed by atoms with van der Waals surface area (Å²) in [4.78, 5) is 26.3. The van der Waals surface area contributed by atoms with Gasteiger partial charge in [-0.2, -0.15) is 0 Å². The normalized spacial score (nSPS) is 16.9. The number of aryl methyl sites for hydroxylation is 1. The minimum absolute atomic E-state index is 0.0567. The number of hydrogen-bond donors (Lipinski definition) is 1. The van der Waals surface area contributed by atoms with Gasteiger partial charge in [-0.3, -0.25) is 9.78 Å². The molecule has 1 aliphatic heterocycles. The number of carbonyl (C=O) groups is 1. The number of carbonyl (C=O) groups excluding carboxylic acids is 1. The summed E-state index contributed by atoms with van der Waals surface area (Å²) in [5.41, 5.74) is -1.68. The number of benzene rings is 1. The van der Waals surface area contributed by atoms with Crippen molar-refractivity contribution in [2.45, 2.75) is 58.2 Å². The first kappa shape index (κ1) is 24.8. The van der Waals surface area contributed by atoms with Crippen LogP contribution in [-0.2, 0) is 16.4 Å². The zero-order chi connectivity index (χ0) is 25.5. The number of halogens is 4. The number of nitrogens with one attached hydrogen (secondary N) is 1. The van der Waals surface area contributed by atoms with Gasteiger partial charge in [-0.25, -0.2) is 27.5 Å². The third-order valence-corrected chi connectivity index (χ3v) is 6.48. The molecule has 0 spiro atoms. The molecule has 0 saturated carbocycles. The van der Waals surface area contributed by atoms with E-state index in [-0.39, 0.29) is 43.1 Å². The first-order chi connectivity index (χ1) is 16.4. The molecule has 2 aromatic heterocycles. The number of likely N-dealkylation sites (tertiary alicyclic amines) is 1. The van der Waals surface area contributed by atoms with E-state index in [9.17, 15) is 18.0 Å². The second kappa shape index (κ2) is 9.05. The number of fused-ring (bicyclic) bond motifs is 1. The Morgan fingerprint density at radius 1 is 1.23 bits per heavy atom. The minimum Gasteiger partial charge on any atom is -0.363 e. The number of rotatable bonds is 5. The Morgan fingerprint density at radius 3 is 2.54 bits per heavy atom. The molecule has 0 bridgehead atoms. The smallest absolute Gasteiger partial charge is 0.273 e. The second-order valence-electron chi connectivity index (χ2n) is 9.14. The monoisotopic (exact) mass is 489 g/mol. The molecule has 0 radical (unpaired) electrons. The molecule has 4 rings (SSSR count). The van der Waals surface area contributed by atoms with Gasteiger partial charge in [0, 0.05) is 50.7 Å². The van der Waals surface area contributed by atoms with Crippen molar-refractivity contribution in [3.05, 3.63) is 58.9 Å². The van der Waals surface area contributed by atoms with Crippen molar-refractivity contribution in [1.82, 2.24) is 19.9 Å². The summed E-state index contributed by atoms with van der Waals surface area (Å²) in [7, 11) is 0.